The summed E-state index contributed by atoms with van der Waals surface area (Å²) in [5.41, 5.74) is -27.3. The molecule has 0 bridgehead atoms. The minimum Gasteiger partial charge on any atom is -0.457 e. The van der Waals surface area contributed by atoms with Gasteiger partial charge in [0, 0.05) is 5.56 Å². The monoisotopic (exact) mass is 1930 g/mol. The van der Waals surface area contributed by atoms with Crippen LogP contribution in [0.4, 0.5) is 176 Å². The van der Waals surface area contributed by atoms with E-state index in [2.05, 4.69) is 140 Å². The van der Waals surface area contributed by atoms with Crippen LogP contribution < -0.4 is 69.6 Å². The molecule has 124 heavy (non-hydrogen) atoms. The fourth-order valence-corrected chi connectivity index (χ4v) is 17.9. The van der Waals surface area contributed by atoms with Gasteiger partial charge in [-0.1, -0.05) is 54.6 Å². The summed E-state index contributed by atoms with van der Waals surface area (Å²) in [6.45, 7) is 2.19. The van der Waals surface area contributed by atoms with Crippen LogP contribution in [0.25, 0.3) is 0 Å². The minimum absolute atomic E-state index is 0.146. The van der Waals surface area contributed by atoms with Crippen LogP contribution in [-0.2, 0) is 10.9 Å². The number of rotatable bonds is 15. The van der Waals surface area contributed by atoms with Gasteiger partial charge in [-0.25, -0.2) is 176 Å². The number of hydrogen-bond acceptors (Lipinski definition) is 1. The minimum atomic E-state index is -7.22. The van der Waals surface area contributed by atoms with Crippen LogP contribution in [0, 0.1) is 247 Å². The second-order valence-corrected chi connectivity index (χ2v) is 30.4. The molecule has 0 saturated carbocycles. The van der Waals surface area contributed by atoms with Crippen molar-refractivity contribution in [2.45, 2.75) is 21.6 Å². The van der Waals surface area contributed by atoms with Gasteiger partial charge in [0.2, 0.25) is 0 Å². The lowest BCUT2D eigenvalue weighted by atomic mass is 9.12. The van der Waals surface area contributed by atoms with Crippen LogP contribution in [0.15, 0.2) is 148 Å². The van der Waals surface area contributed by atoms with Crippen LogP contribution in [0.5, 0.6) is 11.5 Å². The maximum atomic E-state index is 15.4. The van der Waals surface area contributed by atoms with Gasteiger partial charge in [0.25, 0.3) is 0 Å². The topological polar surface area (TPSA) is 9.23 Å². The number of aryl methyl sites for hydroxylation is 1. The van der Waals surface area contributed by atoms with E-state index in [0.717, 1.165) is 11.5 Å². The Morgan fingerprint density at radius 3 is 0.540 bits per heavy atom. The zero-order chi connectivity index (χ0) is 91.9. The predicted molar refractivity (Wildman–Crippen MR) is 355 cm³/mol. The Hall–Kier alpha value is -11.9. The average molecular weight is 1930 g/mol. The molecule has 0 atom stereocenters. The fraction of sp³-hybridized carbons (Fsp3) is 0.0127. The van der Waals surface area contributed by atoms with Crippen molar-refractivity contribution in [3.8, 4) is 11.5 Å². The van der Waals surface area contributed by atoms with Gasteiger partial charge in [-0.3, -0.25) is 0 Å². The Labute approximate surface area is 677 Å². The first kappa shape index (κ1) is 92.8. The average Bonchev–Trinajstić information content (AvgIpc) is 0.684. The number of ether oxygens (including phenoxy) is 1. The van der Waals surface area contributed by atoms with E-state index in [1.165, 1.54) is 27.4 Å². The molecule has 0 heterocycles. The quantitative estimate of drug-likeness (QED) is 0.0248. The van der Waals surface area contributed by atoms with Crippen LogP contribution in [-0.4, -0.2) is 12.3 Å². The largest absolute Gasteiger partial charge is 0.457 e. The first-order valence-electron chi connectivity index (χ1n) is 33.1. The van der Waals surface area contributed by atoms with E-state index in [9.17, 15) is 105 Å². The molecule has 0 aliphatic carbocycles. The molecule has 0 N–H and O–H groups in total. The SMILES string of the molecule is Cc1ccccc1[I+]c1ccc(Oc2ccc([S+](c3ccccc3)c3ccccc3)cc2)cc1.Fc1c(F)c(F)c([B-](c2c(F)c(F)c(F)c(F)c2F)(c2c(F)c(F)c(F)c(F)c2F)c2c(F)c(F)c(F)c(F)c2F)c(F)c1F.Fc1c(F)c(F)c([B-](c2c(F)c(F)c(F)c(F)c2F)(c2c(F)c(F)c(F)c(F)c2F)c2c(F)c(F)c(F)c(F)c2F)c(F)c1F. The van der Waals surface area contributed by atoms with E-state index >= 15 is 70.2 Å². The van der Waals surface area contributed by atoms with Crippen molar-refractivity contribution in [1.82, 2.24) is 0 Å². The van der Waals surface area contributed by atoms with Gasteiger partial charge in [0.1, 0.15) is 117 Å². The lowest BCUT2D eigenvalue weighted by Gasteiger charge is -2.44. The summed E-state index contributed by atoms with van der Waals surface area (Å²) in [4.78, 5) is 3.91. The second kappa shape index (κ2) is 35.4. The zero-order valence-corrected chi connectivity index (χ0v) is 62.1. The lowest BCUT2D eigenvalue weighted by Crippen LogP contribution is -3.61. The molecular formula is C79H25B2F40IOS. The molecule has 0 radical (unpaired) electrons. The molecule has 13 aromatic rings. The summed E-state index contributed by atoms with van der Waals surface area (Å²) in [7, 11) is -0.146. The van der Waals surface area contributed by atoms with Gasteiger partial charge in [0.05, 0.1) is 10.9 Å². The third kappa shape index (κ3) is 15.0. The molecule has 13 aromatic carbocycles. The molecule has 0 spiro atoms. The molecular weight excluding hydrogens is 1910 g/mol. The second-order valence-electron chi connectivity index (χ2n) is 25.4. The Morgan fingerprint density at radius 1 is 0.185 bits per heavy atom. The molecule has 646 valence electrons. The van der Waals surface area contributed by atoms with Gasteiger partial charge in [0.15, 0.2) is 161 Å². The molecule has 1 nitrogen and oxygen atoms in total. The first-order chi connectivity index (χ1) is 58.2. The van der Waals surface area contributed by atoms with Crippen molar-refractivity contribution in [2.24, 2.45) is 0 Å². The maximum absolute atomic E-state index is 15.4. The molecule has 0 aliphatic rings. The summed E-state index contributed by atoms with van der Waals surface area (Å²) in [6.07, 6.45) is -14.4. The Morgan fingerprint density at radius 2 is 0.347 bits per heavy atom. The van der Waals surface area contributed by atoms with Crippen molar-refractivity contribution >= 4 is 66.9 Å². The lowest BCUT2D eigenvalue weighted by molar-refractivity contribution is -0.598. The van der Waals surface area contributed by atoms with E-state index < -0.39 is 289 Å². The van der Waals surface area contributed by atoms with Crippen LogP contribution >= 0.6 is 0 Å². The van der Waals surface area contributed by atoms with Crippen LogP contribution in [0.1, 0.15) is 5.56 Å². The Bertz CT molecular complexity index is 5410. The first-order valence-corrected chi connectivity index (χ1v) is 36.4. The smallest absolute Gasteiger partial charge is 0.358 e. The third-order valence-electron chi connectivity index (χ3n) is 18.8. The molecule has 0 aliphatic heterocycles. The number of hydrogen-bond donors (Lipinski definition) is 0. The normalized spacial score (nSPS) is 11.7. The fourth-order valence-electron chi connectivity index (χ4n) is 13.4. The molecule has 0 saturated heterocycles. The highest BCUT2D eigenvalue weighted by Gasteiger charge is 2.55. The highest BCUT2D eigenvalue weighted by molar-refractivity contribution is 7.97. The van der Waals surface area contributed by atoms with Crippen molar-refractivity contribution in [2.75, 3.05) is 0 Å². The molecule has 0 fully saturated rings. The van der Waals surface area contributed by atoms with Crippen molar-refractivity contribution in [3.05, 3.63) is 379 Å². The van der Waals surface area contributed by atoms with E-state index in [1.54, 1.807) is 0 Å². The summed E-state index contributed by atoms with van der Waals surface area (Å²) < 4.78 is 597. The molecule has 0 unspecified atom stereocenters. The summed E-state index contributed by atoms with van der Waals surface area (Å²) in [6, 6.07) is 47.2. The van der Waals surface area contributed by atoms with Crippen molar-refractivity contribution in [3.63, 3.8) is 0 Å². The van der Waals surface area contributed by atoms with Gasteiger partial charge >= 0.3 is 21.2 Å². The zero-order valence-electron chi connectivity index (χ0n) is 59.2. The Balaban J connectivity index is 0.000000183. The van der Waals surface area contributed by atoms with E-state index in [1.807, 2.05) is 0 Å². The summed E-state index contributed by atoms with van der Waals surface area (Å²) in [5, 5.41) is 0. The van der Waals surface area contributed by atoms with E-state index in [0.29, 0.717) is 0 Å². The number of halogens is 41. The predicted octanol–water partition coefficient (Wildman–Crippen LogP) is 16.7. The highest BCUT2D eigenvalue weighted by atomic mass is 127. The molecule has 13 rings (SSSR count). The van der Waals surface area contributed by atoms with Gasteiger partial charge in [-0.2, -0.15) is 0 Å². The summed E-state index contributed by atoms with van der Waals surface area (Å²) in [5.74, 6) is -141. The molecule has 45 heteroatoms. The molecule has 0 amide bonds. The molecule has 0 aromatic heterocycles. The van der Waals surface area contributed by atoms with Crippen LogP contribution in [0.2, 0.25) is 0 Å². The van der Waals surface area contributed by atoms with Gasteiger partial charge in [-0.15, -0.1) is 43.7 Å². The van der Waals surface area contributed by atoms with E-state index in [4.69, 9.17) is 4.74 Å². The van der Waals surface area contributed by atoms with Gasteiger partial charge in [-0.05, 0) is 85.8 Å². The van der Waals surface area contributed by atoms with Crippen molar-refractivity contribution in [1.29, 1.82) is 0 Å². The number of benzene rings is 13. The summed E-state index contributed by atoms with van der Waals surface area (Å²) >= 11 is -0.178. The highest BCUT2D eigenvalue weighted by Crippen LogP contribution is 2.37. The van der Waals surface area contributed by atoms with Crippen molar-refractivity contribution < 1.29 is 202 Å². The standard InChI is InChI=1S/C31H25IOS.2C24BF20/c1-24-10-8-9-15-31(24)32-25-16-18-26(19-17-25)33-27-20-22-30(23-21-27)34(28-11-4-2-5-12-28)29-13-6-3-7-14-29;2*26-5-1(6(27)14(35)21(42)13(5)34)25(2-7(28)15(36)22(43)16(37)8(2)29,3-9(30)17(38)23(44)18(39)10(3)31)4-11(32)19(40)24(45)20(41)12(4)33/h2-23H,1H3;;/q+2;2*-1. The Kier molecular flexibility index (Phi) is 26.5. The maximum Gasteiger partial charge on any atom is 0.358 e. The van der Waals surface area contributed by atoms with E-state index in [-0.39, 0.29) is 32.1 Å². The third-order valence-corrected chi connectivity index (χ3v) is 24.1. The van der Waals surface area contributed by atoms with Crippen LogP contribution in [0.3, 0.4) is 0 Å². The van der Waals surface area contributed by atoms with Gasteiger partial charge < -0.3 is 4.74 Å².